The highest BCUT2D eigenvalue weighted by atomic mass is 35.5. The van der Waals surface area contributed by atoms with Crippen LogP contribution in [0.15, 0.2) is 23.8 Å². The summed E-state index contributed by atoms with van der Waals surface area (Å²) in [7, 11) is 0. The minimum Gasteiger partial charge on any atom is -0.478 e. The third kappa shape index (κ3) is 3.47. The van der Waals surface area contributed by atoms with Crippen molar-refractivity contribution < 1.29 is 9.90 Å². The Kier molecular flexibility index (Phi) is 4.74. The minimum atomic E-state index is -0.937. The molecule has 0 aromatic heterocycles. The van der Waals surface area contributed by atoms with E-state index in [2.05, 4.69) is 0 Å². The highest BCUT2D eigenvalue weighted by Gasteiger charge is 2.06. The van der Waals surface area contributed by atoms with E-state index >= 15 is 0 Å². The molecule has 0 aliphatic heterocycles. The molecule has 0 fully saturated rings. The summed E-state index contributed by atoms with van der Waals surface area (Å²) in [5.74, 6) is -0.937. The van der Waals surface area contributed by atoms with Crippen molar-refractivity contribution in [3.8, 4) is 0 Å². The molecule has 1 N–H and O–H groups in total. The van der Waals surface area contributed by atoms with Gasteiger partial charge in [-0.15, -0.1) is 0 Å². The normalized spacial score (nSPS) is 12.2. The molecule has 0 radical (unpaired) electrons. The van der Waals surface area contributed by atoms with E-state index in [1.165, 1.54) is 6.08 Å². The second-order valence-electron chi connectivity index (χ2n) is 4.42. The van der Waals surface area contributed by atoms with Gasteiger partial charge in [0.15, 0.2) is 0 Å². The molecule has 96 valence electrons. The van der Waals surface area contributed by atoms with Crippen LogP contribution in [0.3, 0.4) is 0 Å². The summed E-state index contributed by atoms with van der Waals surface area (Å²) in [6, 6.07) is 2.03. The number of rotatable bonds is 3. The van der Waals surface area contributed by atoms with Crippen LogP contribution in [0.2, 0.25) is 5.02 Å². The number of carboxylic acid groups (broad SMARTS) is 1. The fourth-order valence-corrected chi connectivity index (χ4v) is 2.05. The SMILES string of the molecule is CC(/C=C/c1c(C)cc(C)c(Cl)c1C)=C\C(=O)O. The highest BCUT2D eigenvalue weighted by Crippen LogP contribution is 2.27. The Morgan fingerprint density at radius 1 is 1.28 bits per heavy atom. The van der Waals surface area contributed by atoms with Crippen LogP contribution < -0.4 is 0 Å². The van der Waals surface area contributed by atoms with E-state index in [-0.39, 0.29) is 0 Å². The molecule has 0 heterocycles. The van der Waals surface area contributed by atoms with Gasteiger partial charge in [0.05, 0.1) is 0 Å². The number of hydrogen-bond acceptors (Lipinski definition) is 1. The van der Waals surface area contributed by atoms with E-state index in [9.17, 15) is 4.79 Å². The van der Waals surface area contributed by atoms with Crippen molar-refractivity contribution in [2.75, 3.05) is 0 Å². The number of aliphatic carboxylic acids is 1. The van der Waals surface area contributed by atoms with Crippen LogP contribution >= 0.6 is 11.6 Å². The van der Waals surface area contributed by atoms with Gasteiger partial charge in [-0.05, 0) is 55.5 Å². The third-order valence-electron chi connectivity index (χ3n) is 2.80. The number of carbonyl (C=O) groups is 1. The molecule has 1 aromatic rings. The predicted molar refractivity (Wildman–Crippen MR) is 76.1 cm³/mol. The number of hydrogen-bond donors (Lipinski definition) is 1. The van der Waals surface area contributed by atoms with E-state index in [4.69, 9.17) is 16.7 Å². The van der Waals surface area contributed by atoms with Gasteiger partial charge in [0.1, 0.15) is 0 Å². The quantitative estimate of drug-likeness (QED) is 0.652. The summed E-state index contributed by atoms with van der Waals surface area (Å²) in [5.41, 5.74) is 4.95. The Bertz CT molecular complexity index is 540. The van der Waals surface area contributed by atoms with Crippen LogP contribution in [0.25, 0.3) is 6.08 Å². The summed E-state index contributed by atoms with van der Waals surface area (Å²) < 4.78 is 0. The molecule has 1 rings (SSSR count). The molecule has 0 unspecified atom stereocenters. The lowest BCUT2D eigenvalue weighted by Crippen LogP contribution is -1.92. The summed E-state index contributed by atoms with van der Waals surface area (Å²) in [6.45, 7) is 7.72. The van der Waals surface area contributed by atoms with E-state index in [0.717, 1.165) is 27.3 Å². The lowest BCUT2D eigenvalue weighted by Gasteiger charge is -2.10. The summed E-state index contributed by atoms with van der Waals surface area (Å²) >= 11 is 6.21. The van der Waals surface area contributed by atoms with Crippen LogP contribution in [0.5, 0.6) is 0 Å². The zero-order chi connectivity index (χ0) is 13.9. The molecule has 0 saturated heterocycles. The first kappa shape index (κ1) is 14.5. The standard InChI is InChI=1S/C15H17ClO2/c1-9(7-14(17)18)5-6-13-10(2)8-11(3)15(16)12(13)4/h5-8H,1-4H3,(H,17,18)/b6-5+,9-7+. The first-order valence-electron chi connectivity index (χ1n) is 5.68. The lowest BCUT2D eigenvalue weighted by atomic mass is 9.98. The molecule has 0 atom stereocenters. The molecule has 0 aliphatic carbocycles. The first-order valence-corrected chi connectivity index (χ1v) is 6.06. The Labute approximate surface area is 113 Å². The average Bonchev–Trinajstić information content (AvgIpc) is 2.25. The minimum absolute atomic E-state index is 0.693. The molecule has 1 aromatic carbocycles. The van der Waals surface area contributed by atoms with Crippen molar-refractivity contribution in [3.63, 3.8) is 0 Å². The van der Waals surface area contributed by atoms with Gasteiger partial charge in [-0.1, -0.05) is 29.8 Å². The molecule has 18 heavy (non-hydrogen) atoms. The van der Waals surface area contributed by atoms with Crippen LogP contribution in [0, 0.1) is 20.8 Å². The summed E-state index contributed by atoms with van der Waals surface area (Å²) in [4.78, 5) is 10.5. The molecule has 3 heteroatoms. The van der Waals surface area contributed by atoms with Crippen LogP contribution in [-0.2, 0) is 4.79 Å². The Balaban J connectivity index is 3.17. The Morgan fingerprint density at radius 2 is 1.89 bits per heavy atom. The number of aryl methyl sites for hydroxylation is 2. The Hall–Kier alpha value is -1.54. The second kappa shape index (κ2) is 5.87. The van der Waals surface area contributed by atoms with E-state index in [1.807, 2.05) is 32.9 Å². The fraction of sp³-hybridized carbons (Fsp3) is 0.267. The largest absolute Gasteiger partial charge is 0.478 e. The van der Waals surface area contributed by atoms with Crippen molar-refractivity contribution in [1.29, 1.82) is 0 Å². The molecule has 0 aliphatic rings. The number of allylic oxidation sites excluding steroid dienone is 2. The van der Waals surface area contributed by atoms with Gasteiger partial charge in [0.25, 0.3) is 0 Å². The zero-order valence-corrected chi connectivity index (χ0v) is 11.8. The van der Waals surface area contributed by atoms with Crippen molar-refractivity contribution in [1.82, 2.24) is 0 Å². The molecular formula is C15H17ClO2. The van der Waals surface area contributed by atoms with Crippen molar-refractivity contribution in [3.05, 3.63) is 51.1 Å². The van der Waals surface area contributed by atoms with Crippen molar-refractivity contribution in [2.24, 2.45) is 0 Å². The highest BCUT2D eigenvalue weighted by molar-refractivity contribution is 6.32. The second-order valence-corrected chi connectivity index (χ2v) is 4.80. The van der Waals surface area contributed by atoms with Crippen LogP contribution in [0.1, 0.15) is 29.2 Å². The molecule has 0 bridgehead atoms. The van der Waals surface area contributed by atoms with Crippen LogP contribution in [0.4, 0.5) is 0 Å². The van der Waals surface area contributed by atoms with Crippen molar-refractivity contribution >= 4 is 23.6 Å². The maximum atomic E-state index is 10.5. The number of halogens is 1. The summed E-state index contributed by atoms with van der Waals surface area (Å²) in [6.07, 6.45) is 4.87. The van der Waals surface area contributed by atoms with Gasteiger partial charge < -0.3 is 5.11 Å². The maximum absolute atomic E-state index is 10.5. The van der Waals surface area contributed by atoms with E-state index < -0.39 is 5.97 Å². The van der Waals surface area contributed by atoms with Crippen molar-refractivity contribution in [2.45, 2.75) is 27.7 Å². The monoisotopic (exact) mass is 264 g/mol. The molecule has 0 spiro atoms. The smallest absolute Gasteiger partial charge is 0.328 e. The Morgan fingerprint density at radius 3 is 2.44 bits per heavy atom. The lowest BCUT2D eigenvalue weighted by molar-refractivity contribution is -0.131. The van der Waals surface area contributed by atoms with Gasteiger partial charge in [0, 0.05) is 11.1 Å². The van der Waals surface area contributed by atoms with E-state index in [1.54, 1.807) is 13.0 Å². The van der Waals surface area contributed by atoms with Gasteiger partial charge in [-0.2, -0.15) is 0 Å². The number of benzene rings is 1. The van der Waals surface area contributed by atoms with Gasteiger partial charge in [-0.25, -0.2) is 4.79 Å². The predicted octanol–water partition coefficient (Wildman–Crippen LogP) is 4.31. The van der Waals surface area contributed by atoms with Gasteiger partial charge in [0.2, 0.25) is 0 Å². The van der Waals surface area contributed by atoms with Gasteiger partial charge in [-0.3, -0.25) is 0 Å². The zero-order valence-electron chi connectivity index (χ0n) is 11.0. The molecule has 0 amide bonds. The maximum Gasteiger partial charge on any atom is 0.328 e. The van der Waals surface area contributed by atoms with Gasteiger partial charge >= 0.3 is 5.97 Å². The molecule has 0 saturated carbocycles. The average molecular weight is 265 g/mol. The van der Waals surface area contributed by atoms with Crippen LogP contribution in [-0.4, -0.2) is 11.1 Å². The third-order valence-corrected chi connectivity index (χ3v) is 3.38. The van der Waals surface area contributed by atoms with E-state index in [0.29, 0.717) is 5.57 Å². The molecular weight excluding hydrogens is 248 g/mol. The molecule has 2 nitrogen and oxygen atoms in total. The fourth-order valence-electron chi connectivity index (χ4n) is 1.89. The topological polar surface area (TPSA) is 37.3 Å². The first-order chi connectivity index (χ1) is 8.32. The summed E-state index contributed by atoms with van der Waals surface area (Å²) in [5, 5.41) is 9.40. The number of carboxylic acids is 1.